The summed E-state index contributed by atoms with van der Waals surface area (Å²) >= 11 is 6.12. The van der Waals surface area contributed by atoms with Crippen LogP contribution in [0.4, 0.5) is 5.69 Å². The Morgan fingerprint density at radius 1 is 1.16 bits per heavy atom. The summed E-state index contributed by atoms with van der Waals surface area (Å²) in [6.07, 6.45) is 7.20. The summed E-state index contributed by atoms with van der Waals surface area (Å²) < 4.78 is 5.39. The van der Waals surface area contributed by atoms with Gasteiger partial charge in [-0.25, -0.2) is 4.98 Å². The number of aromatic nitrogens is 1. The Hall–Kier alpha value is -2.85. The normalized spacial score (nSPS) is 13.0. The predicted octanol–water partition coefficient (Wildman–Crippen LogP) is 5.03. The van der Waals surface area contributed by atoms with Gasteiger partial charge < -0.3 is 9.32 Å². The summed E-state index contributed by atoms with van der Waals surface area (Å²) in [7, 11) is 0. The molecule has 3 aromatic rings. The molecule has 2 aromatic carbocycles. The van der Waals surface area contributed by atoms with Gasteiger partial charge in [0.15, 0.2) is 0 Å². The fourth-order valence-electron chi connectivity index (χ4n) is 3.03. The molecule has 0 spiro atoms. The second-order valence-corrected chi connectivity index (χ2v) is 6.33. The van der Waals surface area contributed by atoms with Crippen molar-refractivity contribution in [3.63, 3.8) is 0 Å². The maximum Gasteiger partial charge on any atom is 0.225 e. The number of carbonyl (C=O) groups is 1. The van der Waals surface area contributed by atoms with E-state index in [1.165, 1.54) is 0 Å². The highest BCUT2D eigenvalue weighted by Gasteiger charge is 2.19. The molecule has 0 saturated carbocycles. The highest BCUT2D eigenvalue weighted by molar-refractivity contribution is 6.30. The van der Waals surface area contributed by atoms with E-state index in [1.807, 2.05) is 42.5 Å². The molecule has 2 heterocycles. The summed E-state index contributed by atoms with van der Waals surface area (Å²) in [6, 6.07) is 11.5. The highest BCUT2D eigenvalue weighted by Crippen LogP contribution is 2.32. The van der Waals surface area contributed by atoms with Gasteiger partial charge in [0.1, 0.15) is 6.26 Å². The monoisotopic (exact) mass is 350 g/mol. The largest absolute Gasteiger partial charge is 0.445 e. The van der Waals surface area contributed by atoms with Crippen molar-refractivity contribution in [2.24, 2.45) is 0 Å². The number of hydrogen-bond acceptors (Lipinski definition) is 3. The van der Waals surface area contributed by atoms with Crippen LogP contribution in [0.25, 0.3) is 23.6 Å². The molecule has 5 heteroatoms. The van der Waals surface area contributed by atoms with Crippen molar-refractivity contribution in [2.75, 3.05) is 4.90 Å². The van der Waals surface area contributed by atoms with Crippen molar-refractivity contribution in [1.29, 1.82) is 0 Å². The number of carbonyl (C=O) groups excluding carboxylic acids is 1. The zero-order valence-electron chi connectivity index (χ0n) is 13.6. The zero-order valence-corrected chi connectivity index (χ0v) is 14.3. The van der Waals surface area contributed by atoms with Gasteiger partial charge in [0.2, 0.25) is 11.8 Å². The van der Waals surface area contributed by atoms with Crippen molar-refractivity contribution in [3.8, 4) is 11.5 Å². The molecular weight excluding hydrogens is 336 g/mol. The minimum atomic E-state index is -0.0219. The Bertz CT molecular complexity index is 977. The van der Waals surface area contributed by atoms with Gasteiger partial charge in [-0.15, -0.1) is 0 Å². The van der Waals surface area contributed by atoms with Crippen molar-refractivity contribution < 1.29 is 9.21 Å². The van der Waals surface area contributed by atoms with E-state index in [4.69, 9.17) is 16.0 Å². The van der Waals surface area contributed by atoms with E-state index in [2.05, 4.69) is 4.98 Å². The molecule has 0 atom stereocenters. The predicted molar refractivity (Wildman–Crippen MR) is 99.2 cm³/mol. The maximum absolute atomic E-state index is 12.3. The third-order valence-electron chi connectivity index (χ3n) is 4.25. The summed E-state index contributed by atoms with van der Waals surface area (Å²) in [5, 5.41) is 0.645. The van der Waals surface area contributed by atoms with Crippen LogP contribution in [-0.4, -0.2) is 10.9 Å². The maximum atomic E-state index is 12.3. The van der Waals surface area contributed by atoms with E-state index in [0.29, 0.717) is 17.5 Å². The van der Waals surface area contributed by atoms with Crippen LogP contribution in [0.2, 0.25) is 5.02 Å². The third-order valence-corrected chi connectivity index (χ3v) is 4.49. The summed E-state index contributed by atoms with van der Waals surface area (Å²) in [6.45, 7) is 2.04. The van der Waals surface area contributed by atoms with Crippen LogP contribution >= 0.6 is 11.6 Å². The number of benzene rings is 2. The first-order valence-corrected chi connectivity index (χ1v) is 8.28. The molecular formula is C20H15ClN2O2. The first-order valence-electron chi connectivity index (χ1n) is 7.90. The fourth-order valence-corrected chi connectivity index (χ4v) is 3.21. The number of halogens is 1. The molecule has 0 aliphatic carbocycles. The summed E-state index contributed by atoms with van der Waals surface area (Å²) in [4.78, 5) is 18.2. The smallest absolute Gasteiger partial charge is 0.225 e. The number of nitrogens with zero attached hydrogens (tertiary/aromatic N) is 2. The lowest BCUT2D eigenvalue weighted by atomic mass is 9.99. The molecule has 0 radical (unpaired) electrons. The average molecular weight is 351 g/mol. The van der Waals surface area contributed by atoms with Crippen molar-refractivity contribution in [2.45, 2.75) is 13.5 Å². The molecule has 1 aromatic heterocycles. The van der Waals surface area contributed by atoms with Gasteiger partial charge in [-0.2, -0.15) is 0 Å². The lowest BCUT2D eigenvalue weighted by Gasteiger charge is -2.26. The lowest BCUT2D eigenvalue weighted by molar-refractivity contribution is -0.116. The first kappa shape index (κ1) is 15.7. The van der Waals surface area contributed by atoms with Gasteiger partial charge in [0.25, 0.3) is 0 Å². The third kappa shape index (κ3) is 2.96. The van der Waals surface area contributed by atoms with Gasteiger partial charge in [-0.05, 0) is 47.0 Å². The molecule has 1 amide bonds. The topological polar surface area (TPSA) is 46.3 Å². The van der Waals surface area contributed by atoms with Gasteiger partial charge >= 0.3 is 0 Å². The number of amides is 1. The quantitative estimate of drug-likeness (QED) is 0.618. The molecule has 1 aliphatic heterocycles. The standard InChI is InChI=1S/C20H15ClN2O2/c1-13(24)23-12-17-10-16(20-22-8-9-25-20)5-3-14(17)2-4-15-11-18(21)6-7-19(15)23/h2-11H,12H2,1H3. The SMILES string of the molecule is CC(=O)N1Cc2cc(-c3ncco3)ccc2C=Cc2cc(Cl)ccc21. The Balaban J connectivity index is 1.86. The number of fused-ring (bicyclic) bond motifs is 2. The minimum absolute atomic E-state index is 0.0219. The summed E-state index contributed by atoms with van der Waals surface area (Å²) in [5.41, 5.74) is 4.73. The molecule has 0 unspecified atom stereocenters. The van der Waals surface area contributed by atoms with E-state index in [1.54, 1.807) is 30.4 Å². The van der Waals surface area contributed by atoms with Crippen molar-refractivity contribution in [3.05, 3.63) is 70.6 Å². The van der Waals surface area contributed by atoms with Crippen LogP contribution < -0.4 is 4.90 Å². The Morgan fingerprint density at radius 2 is 2.00 bits per heavy atom. The average Bonchev–Trinajstić information content (AvgIpc) is 3.11. The molecule has 4 nitrogen and oxygen atoms in total. The van der Waals surface area contributed by atoms with Gasteiger partial charge in [0, 0.05) is 17.5 Å². The van der Waals surface area contributed by atoms with Gasteiger partial charge in [0.05, 0.1) is 18.4 Å². The van der Waals surface area contributed by atoms with Crippen LogP contribution in [0, 0.1) is 0 Å². The number of rotatable bonds is 1. The van der Waals surface area contributed by atoms with Crippen LogP contribution in [-0.2, 0) is 11.3 Å². The summed E-state index contributed by atoms with van der Waals surface area (Å²) in [5.74, 6) is 0.543. The Labute approximate surface area is 150 Å². The number of anilines is 1. The van der Waals surface area contributed by atoms with Gasteiger partial charge in [-0.3, -0.25) is 4.79 Å². The molecule has 4 rings (SSSR count). The zero-order chi connectivity index (χ0) is 17.4. The number of oxazole rings is 1. The van der Waals surface area contributed by atoms with Gasteiger partial charge in [-0.1, -0.05) is 29.8 Å². The molecule has 1 aliphatic rings. The molecule has 0 N–H and O–H groups in total. The molecule has 0 fully saturated rings. The minimum Gasteiger partial charge on any atom is -0.445 e. The first-order chi connectivity index (χ1) is 12.1. The van der Waals surface area contributed by atoms with Crippen LogP contribution in [0.3, 0.4) is 0 Å². The highest BCUT2D eigenvalue weighted by atomic mass is 35.5. The second kappa shape index (κ2) is 6.22. The van der Waals surface area contributed by atoms with E-state index in [0.717, 1.165) is 27.9 Å². The second-order valence-electron chi connectivity index (χ2n) is 5.89. The fraction of sp³-hybridized carbons (Fsp3) is 0.100. The van der Waals surface area contributed by atoms with E-state index >= 15 is 0 Å². The van der Waals surface area contributed by atoms with Crippen LogP contribution in [0.5, 0.6) is 0 Å². The van der Waals surface area contributed by atoms with Crippen LogP contribution in [0.15, 0.2) is 53.3 Å². The van der Waals surface area contributed by atoms with E-state index < -0.39 is 0 Å². The molecule has 0 bridgehead atoms. The van der Waals surface area contributed by atoms with Crippen LogP contribution in [0.1, 0.15) is 23.6 Å². The molecule has 25 heavy (non-hydrogen) atoms. The lowest BCUT2D eigenvalue weighted by Crippen LogP contribution is -2.29. The Kier molecular flexibility index (Phi) is 3.90. The molecule has 124 valence electrons. The van der Waals surface area contributed by atoms with Crippen molar-refractivity contribution >= 4 is 35.3 Å². The number of hydrogen-bond donors (Lipinski definition) is 0. The molecule has 0 saturated heterocycles. The van der Waals surface area contributed by atoms with Crippen molar-refractivity contribution in [1.82, 2.24) is 4.98 Å². The van der Waals surface area contributed by atoms with E-state index in [9.17, 15) is 4.79 Å². The Morgan fingerprint density at radius 3 is 2.76 bits per heavy atom. The van der Waals surface area contributed by atoms with E-state index in [-0.39, 0.29) is 5.91 Å².